The quantitative estimate of drug-likeness (QED) is 0.701. The van der Waals surface area contributed by atoms with Crippen LogP contribution in [-0.4, -0.2) is 20.8 Å². The van der Waals surface area contributed by atoms with Gasteiger partial charge in [0.1, 0.15) is 11.5 Å². The van der Waals surface area contributed by atoms with Gasteiger partial charge in [0.25, 0.3) is 0 Å². The van der Waals surface area contributed by atoms with E-state index in [9.17, 15) is 9.13 Å². The summed E-state index contributed by atoms with van der Waals surface area (Å²) in [6.07, 6.45) is 3.11. The van der Waals surface area contributed by atoms with Gasteiger partial charge in [0, 0.05) is 0 Å². The molecule has 0 saturated heterocycles. The second kappa shape index (κ2) is 11.4. The second-order valence-electron chi connectivity index (χ2n) is 4.22. The SMILES string of the molecule is CCCc1cc(OC)c(CC)cc1OC.CCOP(=O)=O. The van der Waals surface area contributed by atoms with Gasteiger partial charge in [0.2, 0.25) is 0 Å². The van der Waals surface area contributed by atoms with E-state index in [1.54, 1.807) is 21.1 Å². The lowest BCUT2D eigenvalue weighted by Gasteiger charge is -2.13. The maximum Gasteiger partial charge on any atom is 0.468 e. The van der Waals surface area contributed by atoms with Crippen molar-refractivity contribution in [2.75, 3.05) is 20.8 Å². The Kier molecular flexibility index (Phi) is 10.6. The fraction of sp³-hybridized carbons (Fsp3) is 0.600. The summed E-state index contributed by atoms with van der Waals surface area (Å²) in [5, 5.41) is 0. The Morgan fingerprint density at radius 1 is 0.952 bits per heavy atom. The largest absolute Gasteiger partial charge is 0.496 e. The van der Waals surface area contributed by atoms with E-state index in [0.29, 0.717) is 0 Å². The van der Waals surface area contributed by atoms with Crippen molar-refractivity contribution < 1.29 is 23.1 Å². The van der Waals surface area contributed by atoms with Crippen molar-refractivity contribution in [2.24, 2.45) is 0 Å². The Bertz CT molecular complexity index is 475. The second-order valence-corrected chi connectivity index (χ2v) is 4.93. The molecular weight excluding hydrogens is 291 g/mol. The summed E-state index contributed by atoms with van der Waals surface area (Å²) < 4.78 is 33.6. The number of hydrogen-bond donors (Lipinski definition) is 0. The fourth-order valence-electron chi connectivity index (χ4n) is 1.87. The molecule has 1 aromatic carbocycles. The van der Waals surface area contributed by atoms with E-state index >= 15 is 0 Å². The molecule has 5 nitrogen and oxygen atoms in total. The van der Waals surface area contributed by atoms with Crippen LogP contribution in [0.4, 0.5) is 0 Å². The molecule has 0 bridgehead atoms. The molecule has 0 N–H and O–H groups in total. The van der Waals surface area contributed by atoms with Gasteiger partial charge in [0.15, 0.2) is 0 Å². The molecule has 0 fully saturated rings. The molecule has 21 heavy (non-hydrogen) atoms. The first-order chi connectivity index (χ1) is 10.0. The molecule has 0 aliphatic rings. The summed E-state index contributed by atoms with van der Waals surface area (Å²) in [6, 6.07) is 4.19. The molecule has 0 unspecified atom stereocenters. The molecular formula is C15H25O5P. The molecule has 6 heteroatoms. The summed E-state index contributed by atoms with van der Waals surface area (Å²) in [5.41, 5.74) is 2.43. The van der Waals surface area contributed by atoms with Crippen molar-refractivity contribution in [3.05, 3.63) is 23.3 Å². The summed E-state index contributed by atoms with van der Waals surface area (Å²) in [6.45, 7) is 6.14. The number of rotatable bonds is 7. The van der Waals surface area contributed by atoms with Crippen LogP contribution >= 0.6 is 7.91 Å². The summed E-state index contributed by atoms with van der Waals surface area (Å²) in [7, 11) is 0.841. The number of aryl methyl sites for hydroxylation is 2. The summed E-state index contributed by atoms with van der Waals surface area (Å²) in [4.78, 5) is 0. The van der Waals surface area contributed by atoms with E-state index in [1.807, 2.05) is 0 Å². The molecule has 0 radical (unpaired) electrons. The Morgan fingerprint density at radius 2 is 1.48 bits per heavy atom. The highest BCUT2D eigenvalue weighted by molar-refractivity contribution is 7.24. The topological polar surface area (TPSA) is 61.8 Å². The van der Waals surface area contributed by atoms with Crippen LogP contribution in [0.15, 0.2) is 12.1 Å². The minimum absolute atomic E-state index is 0.235. The van der Waals surface area contributed by atoms with Gasteiger partial charge >= 0.3 is 7.91 Å². The smallest absolute Gasteiger partial charge is 0.468 e. The highest BCUT2D eigenvalue weighted by atomic mass is 31.1. The molecule has 0 spiro atoms. The van der Waals surface area contributed by atoms with E-state index < -0.39 is 7.91 Å². The van der Waals surface area contributed by atoms with Crippen LogP contribution in [0.5, 0.6) is 11.5 Å². The molecule has 120 valence electrons. The zero-order valence-corrected chi connectivity index (χ0v) is 14.4. The molecule has 1 aromatic rings. The minimum Gasteiger partial charge on any atom is -0.496 e. The third-order valence-electron chi connectivity index (χ3n) is 2.82. The van der Waals surface area contributed by atoms with E-state index in [2.05, 4.69) is 30.5 Å². The van der Waals surface area contributed by atoms with E-state index in [0.717, 1.165) is 30.8 Å². The van der Waals surface area contributed by atoms with Gasteiger partial charge in [-0.3, -0.25) is 4.52 Å². The molecule has 0 amide bonds. The lowest BCUT2D eigenvalue weighted by molar-refractivity contribution is 0.322. The molecule has 0 aliphatic carbocycles. The summed E-state index contributed by atoms with van der Waals surface area (Å²) >= 11 is 0. The van der Waals surface area contributed by atoms with Crippen molar-refractivity contribution >= 4 is 7.91 Å². The van der Waals surface area contributed by atoms with Gasteiger partial charge in [-0.2, -0.15) is 0 Å². The van der Waals surface area contributed by atoms with E-state index in [1.165, 1.54) is 11.1 Å². The van der Waals surface area contributed by atoms with Crippen LogP contribution in [0.2, 0.25) is 0 Å². The number of benzene rings is 1. The molecule has 0 atom stereocenters. The van der Waals surface area contributed by atoms with Gasteiger partial charge in [-0.1, -0.05) is 20.3 Å². The molecule has 1 rings (SSSR count). The Morgan fingerprint density at radius 3 is 1.81 bits per heavy atom. The van der Waals surface area contributed by atoms with Crippen molar-refractivity contribution in [1.82, 2.24) is 0 Å². The lowest BCUT2D eigenvalue weighted by atomic mass is 10.0. The van der Waals surface area contributed by atoms with Gasteiger partial charge in [-0.15, -0.1) is 0 Å². The van der Waals surface area contributed by atoms with Gasteiger partial charge in [0.05, 0.1) is 20.8 Å². The predicted octanol–water partition coefficient (Wildman–Crippen LogP) is 4.33. The standard InChI is InChI=1S/C13H20O2.C2H5O3P/c1-5-7-11-9-12(14-3)10(6-2)8-13(11)15-4;1-2-5-6(3)4/h8-9H,5-7H2,1-4H3;2H2,1H3. The van der Waals surface area contributed by atoms with Crippen LogP contribution in [0, 0.1) is 0 Å². The zero-order valence-electron chi connectivity index (χ0n) is 13.5. The minimum atomic E-state index is -2.60. The number of methoxy groups -OCH3 is 2. The highest BCUT2D eigenvalue weighted by Crippen LogP contribution is 2.29. The average molecular weight is 316 g/mol. The summed E-state index contributed by atoms with van der Waals surface area (Å²) in [5.74, 6) is 1.95. The first-order valence-electron chi connectivity index (χ1n) is 7.04. The van der Waals surface area contributed by atoms with Gasteiger partial charge in [-0.05, 0) is 43.0 Å². The van der Waals surface area contributed by atoms with Crippen molar-refractivity contribution in [3.8, 4) is 11.5 Å². The molecule has 0 heterocycles. The number of hydrogen-bond acceptors (Lipinski definition) is 5. The third-order valence-corrected chi connectivity index (χ3v) is 3.29. The van der Waals surface area contributed by atoms with Crippen LogP contribution in [0.1, 0.15) is 38.3 Å². The fourth-order valence-corrected chi connectivity index (χ4v) is 2.08. The van der Waals surface area contributed by atoms with Gasteiger partial charge in [-0.25, -0.2) is 9.13 Å². The van der Waals surface area contributed by atoms with Gasteiger partial charge < -0.3 is 9.47 Å². The van der Waals surface area contributed by atoms with Crippen molar-refractivity contribution in [1.29, 1.82) is 0 Å². The predicted molar refractivity (Wildman–Crippen MR) is 82.8 cm³/mol. The Labute approximate surface area is 127 Å². The van der Waals surface area contributed by atoms with E-state index in [4.69, 9.17) is 9.47 Å². The Hall–Kier alpha value is -1.32. The van der Waals surface area contributed by atoms with Crippen LogP contribution < -0.4 is 9.47 Å². The first-order valence-corrected chi connectivity index (χ1v) is 8.14. The molecule has 0 aliphatic heterocycles. The van der Waals surface area contributed by atoms with Crippen LogP contribution in [-0.2, 0) is 26.5 Å². The van der Waals surface area contributed by atoms with Crippen LogP contribution in [0.25, 0.3) is 0 Å². The lowest BCUT2D eigenvalue weighted by Crippen LogP contribution is -1.97. The number of ether oxygens (including phenoxy) is 2. The maximum absolute atomic E-state index is 9.41. The Balaban J connectivity index is 0.000000567. The highest BCUT2D eigenvalue weighted by Gasteiger charge is 2.09. The first kappa shape index (κ1) is 19.7. The molecule has 0 saturated carbocycles. The van der Waals surface area contributed by atoms with Crippen LogP contribution in [0.3, 0.4) is 0 Å². The maximum atomic E-state index is 9.41. The monoisotopic (exact) mass is 316 g/mol. The normalized spacial score (nSPS) is 9.57. The zero-order chi connectivity index (χ0) is 16.3. The van der Waals surface area contributed by atoms with Crippen molar-refractivity contribution in [3.63, 3.8) is 0 Å². The molecule has 0 aromatic heterocycles. The third kappa shape index (κ3) is 7.30. The van der Waals surface area contributed by atoms with Crippen molar-refractivity contribution in [2.45, 2.75) is 40.0 Å². The van der Waals surface area contributed by atoms with E-state index in [-0.39, 0.29) is 6.61 Å². The average Bonchev–Trinajstić information content (AvgIpc) is 2.47.